The molecule has 0 aromatic rings. The summed E-state index contributed by atoms with van der Waals surface area (Å²) in [4.78, 5) is 2.59. The van der Waals surface area contributed by atoms with Crippen LogP contribution in [0.1, 0.15) is 34.1 Å². The van der Waals surface area contributed by atoms with Gasteiger partial charge in [0.1, 0.15) is 0 Å². The maximum atomic E-state index is 2.26. The second-order valence-corrected chi connectivity index (χ2v) is 5.83. The Kier molecular flexibility index (Phi) is 5.57. The summed E-state index contributed by atoms with van der Waals surface area (Å²) in [6.07, 6.45) is 18.7. The maximum Gasteiger partial charge on any atom is 0.0119 e. The van der Waals surface area contributed by atoms with Crippen molar-refractivity contribution in [3.8, 4) is 0 Å². The Hall–Kier alpha value is -0.950. The Morgan fingerprint density at radius 1 is 1.35 bits per heavy atom. The fourth-order valence-electron chi connectivity index (χ4n) is 1.43. The number of hydrogen-bond acceptors (Lipinski definition) is 1. The van der Waals surface area contributed by atoms with Crippen molar-refractivity contribution < 1.29 is 0 Å². The van der Waals surface area contributed by atoms with E-state index in [2.05, 4.69) is 76.3 Å². The molecule has 0 fully saturated rings. The van der Waals surface area contributed by atoms with Gasteiger partial charge in [-0.1, -0.05) is 75.1 Å². The molecule has 0 aromatic carbocycles. The van der Waals surface area contributed by atoms with Crippen molar-refractivity contribution in [1.29, 1.82) is 0 Å². The van der Waals surface area contributed by atoms with Crippen molar-refractivity contribution in [2.24, 2.45) is 5.41 Å². The molecule has 0 unspecified atom stereocenters. The minimum Gasteiger partial charge on any atom is -0.0905 e. The summed E-state index contributed by atoms with van der Waals surface area (Å²) in [6, 6.07) is 0. The van der Waals surface area contributed by atoms with Gasteiger partial charge in [0, 0.05) is 15.2 Å². The average Bonchev–Trinajstić information content (AvgIpc) is 2.46. The van der Waals surface area contributed by atoms with Crippen LogP contribution in [0.3, 0.4) is 0 Å². The van der Waals surface area contributed by atoms with Crippen LogP contribution in [0.15, 0.2) is 58.4 Å². The topological polar surface area (TPSA) is 0 Å². The highest BCUT2D eigenvalue weighted by Crippen LogP contribution is 2.31. The summed E-state index contributed by atoms with van der Waals surface area (Å²) < 4.78 is 0. The lowest BCUT2D eigenvalue weighted by molar-refractivity contribution is 0.627. The maximum absolute atomic E-state index is 2.26. The second kappa shape index (κ2) is 6.70. The van der Waals surface area contributed by atoms with Gasteiger partial charge in [-0.25, -0.2) is 0 Å². The van der Waals surface area contributed by atoms with Gasteiger partial charge in [0.2, 0.25) is 0 Å². The highest BCUT2D eigenvalue weighted by molar-refractivity contribution is 8.07. The lowest BCUT2D eigenvalue weighted by atomic mass is 9.93. The van der Waals surface area contributed by atoms with Crippen molar-refractivity contribution in [2.45, 2.75) is 34.1 Å². The Bertz CT molecular complexity index is 390. The van der Waals surface area contributed by atoms with Gasteiger partial charge in [-0.05, 0) is 19.4 Å². The number of thioether (sulfide) groups is 1. The van der Waals surface area contributed by atoms with Crippen LogP contribution < -0.4 is 0 Å². The summed E-state index contributed by atoms with van der Waals surface area (Å²) >= 11 is 1.82. The van der Waals surface area contributed by atoms with E-state index < -0.39 is 0 Å². The van der Waals surface area contributed by atoms with E-state index in [1.807, 2.05) is 11.8 Å². The Morgan fingerprint density at radius 3 is 2.76 bits per heavy atom. The fraction of sp³-hybridized carbons (Fsp3) is 0.375. The molecule has 0 nitrogen and oxygen atoms in total. The van der Waals surface area contributed by atoms with Gasteiger partial charge in [0.15, 0.2) is 0 Å². The predicted octanol–water partition coefficient (Wildman–Crippen LogP) is 5.63. The van der Waals surface area contributed by atoms with Crippen molar-refractivity contribution >= 4 is 11.8 Å². The molecule has 92 valence electrons. The van der Waals surface area contributed by atoms with E-state index in [1.54, 1.807) is 0 Å². The molecule has 0 atom stereocenters. The first-order valence-electron chi connectivity index (χ1n) is 6.17. The smallest absolute Gasteiger partial charge is 0.0119 e. The first-order chi connectivity index (χ1) is 8.07. The van der Waals surface area contributed by atoms with Crippen LogP contribution in [0.5, 0.6) is 0 Å². The molecule has 1 heteroatoms. The van der Waals surface area contributed by atoms with E-state index in [1.165, 1.54) is 9.81 Å². The quantitative estimate of drug-likeness (QED) is 0.580. The van der Waals surface area contributed by atoms with E-state index in [-0.39, 0.29) is 5.41 Å². The normalized spacial score (nSPS) is 19.5. The molecule has 0 heterocycles. The third-order valence-electron chi connectivity index (χ3n) is 2.50. The Morgan fingerprint density at radius 2 is 2.12 bits per heavy atom. The summed E-state index contributed by atoms with van der Waals surface area (Å²) in [5.74, 6) is 0. The van der Waals surface area contributed by atoms with Crippen LogP contribution in [-0.4, -0.2) is 0 Å². The van der Waals surface area contributed by atoms with E-state index in [4.69, 9.17) is 0 Å². The van der Waals surface area contributed by atoms with Gasteiger partial charge in [0.05, 0.1) is 0 Å². The van der Waals surface area contributed by atoms with Crippen molar-refractivity contribution in [1.82, 2.24) is 0 Å². The molecule has 17 heavy (non-hydrogen) atoms. The first-order valence-corrected chi connectivity index (χ1v) is 6.98. The highest BCUT2D eigenvalue weighted by Gasteiger charge is 2.10. The van der Waals surface area contributed by atoms with Crippen molar-refractivity contribution in [3.63, 3.8) is 0 Å². The Labute approximate surface area is 110 Å². The first kappa shape index (κ1) is 14.1. The van der Waals surface area contributed by atoms with E-state index in [0.717, 1.165) is 6.42 Å². The zero-order valence-electron chi connectivity index (χ0n) is 11.2. The predicted molar refractivity (Wildman–Crippen MR) is 80.9 cm³/mol. The van der Waals surface area contributed by atoms with Crippen LogP contribution in [0, 0.1) is 5.41 Å². The van der Waals surface area contributed by atoms with Crippen LogP contribution >= 0.6 is 11.8 Å². The molecule has 0 aromatic heterocycles. The molecule has 1 aliphatic rings. The van der Waals surface area contributed by atoms with Gasteiger partial charge in [0.25, 0.3) is 0 Å². The standard InChI is InChI=1S/C16H22S/c1-5-7-9-14(6-2)17-15-10-8-12-16(3,4)13-11-15/h6-13H,5H2,1-4H3/b9-7-,14-6+. The van der Waals surface area contributed by atoms with E-state index >= 15 is 0 Å². The Balaban J connectivity index is 2.73. The summed E-state index contributed by atoms with van der Waals surface area (Å²) in [5, 5.41) is 0. The molecule has 1 aliphatic carbocycles. The van der Waals surface area contributed by atoms with Gasteiger partial charge in [-0.15, -0.1) is 0 Å². The molecular weight excluding hydrogens is 224 g/mol. The van der Waals surface area contributed by atoms with Crippen LogP contribution in [0.2, 0.25) is 0 Å². The lowest BCUT2D eigenvalue weighted by Crippen LogP contribution is -2.00. The summed E-state index contributed by atoms with van der Waals surface area (Å²) in [6.45, 7) is 8.68. The summed E-state index contributed by atoms with van der Waals surface area (Å²) in [7, 11) is 0. The van der Waals surface area contributed by atoms with Crippen LogP contribution in [-0.2, 0) is 0 Å². The molecule has 0 N–H and O–H groups in total. The van der Waals surface area contributed by atoms with Crippen molar-refractivity contribution in [3.05, 3.63) is 58.4 Å². The number of hydrogen-bond donors (Lipinski definition) is 0. The summed E-state index contributed by atoms with van der Waals surface area (Å²) in [5.41, 5.74) is 0.161. The van der Waals surface area contributed by atoms with Crippen molar-refractivity contribution in [2.75, 3.05) is 0 Å². The average molecular weight is 246 g/mol. The molecule has 0 aliphatic heterocycles. The minimum absolute atomic E-state index is 0.161. The SMILES string of the molecule is C/C=C(\C=C/CC)SC1=CC=CC(C)(C)C=C1. The zero-order chi connectivity index (χ0) is 12.7. The molecule has 0 spiro atoms. The largest absolute Gasteiger partial charge is 0.0905 e. The molecule has 0 saturated carbocycles. The van der Waals surface area contributed by atoms with E-state index in [0.29, 0.717) is 0 Å². The molecule has 0 radical (unpaired) electrons. The molecular formula is C16H22S. The van der Waals surface area contributed by atoms with Crippen LogP contribution in [0.4, 0.5) is 0 Å². The number of rotatable bonds is 4. The fourth-order valence-corrected chi connectivity index (χ4v) is 2.26. The molecule has 0 amide bonds. The third-order valence-corrected chi connectivity index (χ3v) is 3.62. The van der Waals surface area contributed by atoms with E-state index in [9.17, 15) is 0 Å². The van der Waals surface area contributed by atoms with Crippen LogP contribution in [0.25, 0.3) is 0 Å². The van der Waals surface area contributed by atoms with Gasteiger partial charge >= 0.3 is 0 Å². The third kappa shape index (κ3) is 5.27. The molecule has 1 rings (SSSR count). The molecule has 0 saturated heterocycles. The second-order valence-electron chi connectivity index (χ2n) is 4.69. The minimum atomic E-state index is 0.161. The van der Waals surface area contributed by atoms with Gasteiger partial charge in [-0.3, -0.25) is 0 Å². The monoisotopic (exact) mass is 246 g/mol. The molecule has 0 bridgehead atoms. The lowest BCUT2D eigenvalue weighted by Gasteiger charge is -2.12. The highest BCUT2D eigenvalue weighted by atomic mass is 32.2. The number of allylic oxidation sites excluding steroid dienone is 8. The van der Waals surface area contributed by atoms with Gasteiger partial charge in [-0.2, -0.15) is 0 Å². The zero-order valence-corrected chi connectivity index (χ0v) is 12.1. The van der Waals surface area contributed by atoms with Gasteiger partial charge < -0.3 is 0 Å².